The molecule has 0 bridgehead atoms. The standard InChI is InChI=1S/C19H20Cl2N2O2/c20-16-7-3-14(4-8-16)11-13-22-18(24)2-1-12-23-19(25)15-5-9-17(21)10-6-15/h3-10H,1-2,11-13H2,(H,22,24)(H,23,25). The lowest BCUT2D eigenvalue weighted by Gasteiger charge is -2.07. The van der Waals surface area contributed by atoms with E-state index in [1.165, 1.54) is 0 Å². The monoisotopic (exact) mass is 378 g/mol. The molecule has 6 heteroatoms. The topological polar surface area (TPSA) is 58.2 Å². The molecule has 0 aliphatic rings. The molecule has 4 nitrogen and oxygen atoms in total. The van der Waals surface area contributed by atoms with Crippen LogP contribution in [0.1, 0.15) is 28.8 Å². The molecule has 2 aromatic carbocycles. The van der Waals surface area contributed by atoms with Gasteiger partial charge in [-0.3, -0.25) is 9.59 Å². The van der Waals surface area contributed by atoms with Gasteiger partial charge < -0.3 is 10.6 Å². The zero-order valence-corrected chi connectivity index (χ0v) is 15.2. The van der Waals surface area contributed by atoms with Gasteiger partial charge in [-0.2, -0.15) is 0 Å². The third-order valence-corrected chi connectivity index (χ3v) is 4.13. The highest BCUT2D eigenvalue weighted by Crippen LogP contribution is 2.10. The van der Waals surface area contributed by atoms with Crippen LogP contribution in [0.2, 0.25) is 10.0 Å². The maximum atomic E-state index is 11.9. The van der Waals surface area contributed by atoms with E-state index in [0.29, 0.717) is 41.5 Å². The van der Waals surface area contributed by atoms with E-state index in [1.807, 2.05) is 24.3 Å². The van der Waals surface area contributed by atoms with Crippen LogP contribution in [0.15, 0.2) is 48.5 Å². The Hall–Kier alpha value is -2.04. The van der Waals surface area contributed by atoms with Gasteiger partial charge in [-0.05, 0) is 54.8 Å². The molecule has 0 heterocycles. The molecule has 2 amide bonds. The third kappa shape index (κ3) is 7.16. The average Bonchev–Trinajstić information content (AvgIpc) is 2.61. The number of halogens is 2. The van der Waals surface area contributed by atoms with Gasteiger partial charge in [-0.1, -0.05) is 35.3 Å². The molecule has 0 fully saturated rings. The predicted octanol–water partition coefficient (Wildman–Crippen LogP) is 3.86. The van der Waals surface area contributed by atoms with Crippen molar-refractivity contribution in [2.24, 2.45) is 0 Å². The Morgan fingerprint density at radius 3 is 2.04 bits per heavy atom. The molecule has 25 heavy (non-hydrogen) atoms. The number of hydrogen-bond acceptors (Lipinski definition) is 2. The maximum absolute atomic E-state index is 11.9. The maximum Gasteiger partial charge on any atom is 0.251 e. The summed E-state index contributed by atoms with van der Waals surface area (Å²) in [5.41, 5.74) is 1.68. The van der Waals surface area contributed by atoms with Crippen LogP contribution in [-0.4, -0.2) is 24.9 Å². The summed E-state index contributed by atoms with van der Waals surface area (Å²) in [5.74, 6) is -0.186. The van der Waals surface area contributed by atoms with Crippen LogP contribution in [0, 0.1) is 0 Å². The van der Waals surface area contributed by atoms with Crippen LogP contribution in [0.3, 0.4) is 0 Å². The third-order valence-electron chi connectivity index (χ3n) is 3.62. The van der Waals surface area contributed by atoms with Crippen molar-refractivity contribution < 1.29 is 9.59 Å². The van der Waals surface area contributed by atoms with Gasteiger partial charge in [0.05, 0.1) is 0 Å². The highest BCUT2D eigenvalue weighted by Gasteiger charge is 2.05. The summed E-state index contributed by atoms with van der Waals surface area (Å²) >= 11 is 11.6. The van der Waals surface area contributed by atoms with Gasteiger partial charge >= 0.3 is 0 Å². The summed E-state index contributed by atoms with van der Waals surface area (Å²) in [6.07, 6.45) is 1.73. The molecule has 0 saturated heterocycles. The van der Waals surface area contributed by atoms with Gasteiger partial charge in [-0.15, -0.1) is 0 Å². The van der Waals surface area contributed by atoms with E-state index >= 15 is 0 Å². The number of amides is 2. The van der Waals surface area contributed by atoms with E-state index in [2.05, 4.69) is 10.6 Å². The number of nitrogens with one attached hydrogen (secondary N) is 2. The molecule has 0 unspecified atom stereocenters. The van der Waals surface area contributed by atoms with Crippen LogP contribution in [0.4, 0.5) is 0 Å². The molecule has 0 atom stereocenters. The Labute approximate surface area is 157 Å². The Balaban J connectivity index is 1.58. The molecule has 132 valence electrons. The predicted molar refractivity (Wildman–Crippen MR) is 101 cm³/mol. The minimum absolute atomic E-state index is 0.0188. The highest BCUT2D eigenvalue weighted by atomic mass is 35.5. The van der Waals surface area contributed by atoms with Crippen molar-refractivity contribution >= 4 is 35.0 Å². The molecule has 0 spiro atoms. The zero-order valence-electron chi connectivity index (χ0n) is 13.7. The summed E-state index contributed by atoms with van der Waals surface area (Å²) in [7, 11) is 0. The van der Waals surface area contributed by atoms with Crippen molar-refractivity contribution in [2.75, 3.05) is 13.1 Å². The number of carbonyl (C=O) groups excluding carboxylic acids is 2. The molecule has 2 aromatic rings. The van der Waals surface area contributed by atoms with Gasteiger partial charge in [0.2, 0.25) is 5.91 Å². The largest absolute Gasteiger partial charge is 0.356 e. The fourth-order valence-corrected chi connectivity index (χ4v) is 2.49. The number of hydrogen-bond donors (Lipinski definition) is 2. The van der Waals surface area contributed by atoms with Crippen molar-refractivity contribution in [1.82, 2.24) is 10.6 Å². The van der Waals surface area contributed by atoms with E-state index < -0.39 is 0 Å². The smallest absolute Gasteiger partial charge is 0.251 e. The molecule has 0 aliphatic carbocycles. The SMILES string of the molecule is O=C(CCCNC(=O)c1ccc(Cl)cc1)NCCc1ccc(Cl)cc1. The molecule has 2 rings (SSSR count). The van der Waals surface area contributed by atoms with Crippen molar-refractivity contribution in [3.8, 4) is 0 Å². The molecule has 0 aliphatic heterocycles. The number of benzene rings is 2. The van der Waals surface area contributed by atoms with Gasteiger partial charge in [0.1, 0.15) is 0 Å². The first-order valence-electron chi connectivity index (χ1n) is 8.09. The first-order valence-corrected chi connectivity index (χ1v) is 8.85. The van der Waals surface area contributed by atoms with E-state index in [4.69, 9.17) is 23.2 Å². The van der Waals surface area contributed by atoms with E-state index in [-0.39, 0.29) is 11.8 Å². The summed E-state index contributed by atoms with van der Waals surface area (Å²) in [5, 5.41) is 6.95. The molecule has 2 N–H and O–H groups in total. The normalized spacial score (nSPS) is 10.3. The molecule has 0 radical (unpaired) electrons. The van der Waals surface area contributed by atoms with Crippen LogP contribution in [0.25, 0.3) is 0 Å². The van der Waals surface area contributed by atoms with Gasteiger partial charge in [0.25, 0.3) is 5.91 Å². The summed E-state index contributed by atoms with van der Waals surface area (Å²) in [6.45, 7) is 1.03. The Kier molecular flexibility index (Phi) is 7.76. The molecular weight excluding hydrogens is 359 g/mol. The number of carbonyl (C=O) groups is 2. The lowest BCUT2D eigenvalue weighted by molar-refractivity contribution is -0.121. The lowest BCUT2D eigenvalue weighted by Crippen LogP contribution is -2.28. The van der Waals surface area contributed by atoms with E-state index in [9.17, 15) is 9.59 Å². The Morgan fingerprint density at radius 1 is 0.800 bits per heavy atom. The van der Waals surface area contributed by atoms with Crippen LogP contribution >= 0.6 is 23.2 Å². The second-order valence-corrected chi connectivity index (χ2v) is 6.47. The molecule has 0 aromatic heterocycles. The first kappa shape index (κ1) is 19.3. The summed E-state index contributed by atoms with van der Waals surface area (Å²) < 4.78 is 0. The van der Waals surface area contributed by atoms with Crippen LogP contribution in [0.5, 0.6) is 0 Å². The minimum atomic E-state index is -0.167. The average molecular weight is 379 g/mol. The van der Waals surface area contributed by atoms with E-state index in [1.54, 1.807) is 24.3 Å². The van der Waals surface area contributed by atoms with Crippen molar-refractivity contribution in [3.63, 3.8) is 0 Å². The summed E-state index contributed by atoms with van der Waals surface area (Å²) in [6, 6.07) is 14.2. The number of rotatable bonds is 8. The highest BCUT2D eigenvalue weighted by molar-refractivity contribution is 6.30. The van der Waals surface area contributed by atoms with Crippen LogP contribution in [-0.2, 0) is 11.2 Å². The zero-order chi connectivity index (χ0) is 18.1. The van der Waals surface area contributed by atoms with E-state index in [0.717, 1.165) is 12.0 Å². The lowest BCUT2D eigenvalue weighted by atomic mass is 10.1. The van der Waals surface area contributed by atoms with Gasteiger partial charge in [-0.25, -0.2) is 0 Å². The minimum Gasteiger partial charge on any atom is -0.356 e. The van der Waals surface area contributed by atoms with Gasteiger partial charge in [0, 0.05) is 35.1 Å². The first-order chi connectivity index (χ1) is 12.0. The second kappa shape index (κ2) is 10.1. The van der Waals surface area contributed by atoms with Crippen molar-refractivity contribution in [1.29, 1.82) is 0 Å². The molecular formula is C19H20Cl2N2O2. The van der Waals surface area contributed by atoms with Crippen molar-refractivity contribution in [3.05, 3.63) is 69.7 Å². The summed E-state index contributed by atoms with van der Waals surface area (Å²) in [4.78, 5) is 23.7. The Bertz CT molecular complexity index is 700. The quantitative estimate of drug-likeness (QED) is 0.685. The molecule has 0 saturated carbocycles. The van der Waals surface area contributed by atoms with Crippen molar-refractivity contribution in [2.45, 2.75) is 19.3 Å². The fraction of sp³-hybridized carbons (Fsp3) is 0.263. The Morgan fingerprint density at radius 2 is 1.40 bits per heavy atom. The second-order valence-electron chi connectivity index (χ2n) is 5.59. The fourth-order valence-electron chi connectivity index (χ4n) is 2.24. The van der Waals surface area contributed by atoms with Gasteiger partial charge in [0.15, 0.2) is 0 Å². The van der Waals surface area contributed by atoms with Crippen LogP contribution < -0.4 is 10.6 Å².